The van der Waals surface area contributed by atoms with Crippen LogP contribution in [0.4, 0.5) is 0 Å². The maximum atomic E-state index is 8.70. The molecule has 74 valence electrons. The molecule has 0 unspecified atom stereocenters. The molecule has 0 radical (unpaired) electrons. The molecule has 0 aliphatic rings. The van der Waals surface area contributed by atoms with Crippen LogP contribution in [0.25, 0.3) is 0 Å². The van der Waals surface area contributed by atoms with Crippen molar-refractivity contribution in [3.05, 3.63) is 0 Å². The molecule has 0 aliphatic heterocycles. The quantitative estimate of drug-likeness (QED) is 0.388. The van der Waals surface area contributed by atoms with Crippen molar-refractivity contribution < 1.29 is 10.2 Å². The van der Waals surface area contributed by atoms with Gasteiger partial charge in [0.05, 0.1) is 13.2 Å². The van der Waals surface area contributed by atoms with E-state index >= 15 is 0 Å². The average molecular weight is 287 g/mol. The summed E-state index contributed by atoms with van der Waals surface area (Å²) in [6, 6.07) is 0. The zero-order valence-electron chi connectivity index (χ0n) is 7.38. The minimum atomic E-state index is 0.185. The highest BCUT2D eigenvalue weighted by Crippen LogP contribution is 1.97. The average Bonchev–Trinajstić information content (AvgIpc) is 2.06. The van der Waals surface area contributed by atoms with Crippen LogP contribution in [0.15, 0.2) is 0 Å². The van der Waals surface area contributed by atoms with Crippen LogP contribution < -0.4 is 0 Å². The second-order valence-electron chi connectivity index (χ2n) is 2.68. The van der Waals surface area contributed by atoms with Gasteiger partial charge in [0.1, 0.15) is 0 Å². The normalized spacial score (nSPS) is 11.0. The van der Waals surface area contributed by atoms with E-state index < -0.39 is 0 Å². The molecule has 0 aliphatic carbocycles. The fourth-order valence-corrected chi connectivity index (χ4v) is 1.59. The molecule has 0 aromatic rings. The largest absolute Gasteiger partial charge is 0.395 e. The Bertz CT molecular complexity index is 87.1. The predicted octanol–water partition coefficient (Wildman–Crippen LogP) is 0.488. The first-order valence-electron chi connectivity index (χ1n) is 4.35. The number of aliphatic hydroxyl groups is 2. The summed E-state index contributed by atoms with van der Waals surface area (Å²) in [7, 11) is 0. The second-order valence-corrected chi connectivity index (χ2v) is 3.76. The predicted molar refractivity (Wildman–Crippen MR) is 58.7 cm³/mol. The van der Waals surface area contributed by atoms with Crippen molar-refractivity contribution in [1.82, 2.24) is 4.90 Å². The maximum absolute atomic E-state index is 8.70. The van der Waals surface area contributed by atoms with Crippen molar-refractivity contribution >= 4 is 22.6 Å². The molecule has 0 aromatic carbocycles. The van der Waals surface area contributed by atoms with Crippen molar-refractivity contribution in [2.24, 2.45) is 0 Å². The molecule has 0 aromatic heterocycles. The third kappa shape index (κ3) is 7.27. The van der Waals surface area contributed by atoms with Gasteiger partial charge in [-0.05, 0) is 23.8 Å². The van der Waals surface area contributed by atoms with E-state index in [1.165, 1.54) is 10.8 Å². The molecule has 2 N–H and O–H groups in total. The minimum Gasteiger partial charge on any atom is -0.395 e. The van der Waals surface area contributed by atoms with Crippen molar-refractivity contribution in [3.8, 4) is 0 Å². The van der Waals surface area contributed by atoms with Crippen LogP contribution in [-0.2, 0) is 0 Å². The SMILES string of the molecule is OCCN(CCO)CCCCI. The van der Waals surface area contributed by atoms with Gasteiger partial charge in [-0.15, -0.1) is 0 Å². The molecule has 0 bridgehead atoms. The molecule has 0 heterocycles. The molecule has 0 spiro atoms. The number of hydrogen-bond donors (Lipinski definition) is 2. The highest BCUT2D eigenvalue weighted by Gasteiger charge is 2.01. The first-order valence-corrected chi connectivity index (χ1v) is 5.87. The summed E-state index contributed by atoms with van der Waals surface area (Å²) in [5.74, 6) is 0. The first kappa shape index (κ1) is 12.6. The van der Waals surface area contributed by atoms with Gasteiger partial charge in [0.15, 0.2) is 0 Å². The molecule has 0 fully saturated rings. The minimum absolute atomic E-state index is 0.185. The lowest BCUT2D eigenvalue weighted by Gasteiger charge is -2.19. The molecule has 0 saturated carbocycles. The fraction of sp³-hybridized carbons (Fsp3) is 1.00. The van der Waals surface area contributed by atoms with Crippen molar-refractivity contribution in [2.75, 3.05) is 37.3 Å². The van der Waals surface area contributed by atoms with E-state index in [1.807, 2.05) is 0 Å². The van der Waals surface area contributed by atoms with Gasteiger partial charge in [0, 0.05) is 13.1 Å². The molecule has 0 saturated heterocycles. The van der Waals surface area contributed by atoms with E-state index in [0.29, 0.717) is 13.1 Å². The Morgan fingerprint density at radius 1 is 0.917 bits per heavy atom. The van der Waals surface area contributed by atoms with Gasteiger partial charge in [-0.25, -0.2) is 0 Å². The lowest BCUT2D eigenvalue weighted by Crippen LogP contribution is -2.30. The molecular weight excluding hydrogens is 269 g/mol. The Kier molecular flexibility index (Phi) is 10.2. The highest BCUT2D eigenvalue weighted by molar-refractivity contribution is 14.1. The Labute approximate surface area is 87.9 Å². The lowest BCUT2D eigenvalue weighted by atomic mass is 10.3. The first-order chi connectivity index (χ1) is 5.85. The van der Waals surface area contributed by atoms with Crippen LogP contribution in [0.1, 0.15) is 12.8 Å². The standard InChI is InChI=1S/C8H18INO2/c9-3-1-2-4-10(5-7-11)6-8-12/h11-12H,1-8H2. The zero-order chi connectivity index (χ0) is 9.23. The Morgan fingerprint density at radius 2 is 1.50 bits per heavy atom. The van der Waals surface area contributed by atoms with Gasteiger partial charge in [-0.3, -0.25) is 4.90 Å². The zero-order valence-corrected chi connectivity index (χ0v) is 9.53. The third-order valence-corrected chi connectivity index (χ3v) is 2.45. The van der Waals surface area contributed by atoms with Crippen molar-refractivity contribution in [1.29, 1.82) is 0 Å². The van der Waals surface area contributed by atoms with Gasteiger partial charge in [0.25, 0.3) is 0 Å². The summed E-state index contributed by atoms with van der Waals surface area (Å²) >= 11 is 2.36. The van der Waals surface area contributed by atoms with E-state index in [-0.39, 0.29) is 13.2 Å². The van der Waals surface area contributed by atoms with Crippen LogP contribution in [0, 0.1) is 0 Å². The van der Waals surface area contributed by atoms with Crippen molar-refractivity contribution in [3.63, 3.8) is 0 Å². The lowest BCUT2D eigenvalue weighted by molar-refractivity contribution is 0.160. The summed E-state index contributed by atoms with van der Waals surface area (Å²) in [5, 5.41) is 17.4. The van der Waals surface area contributed by atoms with Gasteiger partial charge in [-0.1, -0.05) is 22.6 Å². The van der Waals surface area contributed by atoms with Gasteiger partial charge in [0.2, 0.25) is 0 Å². The fourth-order valence-electron chi connectivity index (χ4n) is 1.05. The summed E-state index contributed by atoms with van der Waals surface area (Å²) in [5.41, 5.74) is 0. The molecule has 0 atom stereocenters. The van der Waals surface area contributed by atoms with Crippen LogP contribution in [0.2, 0.25) is 0 Å². The molecule has 3 nitrogen and oxygen atoms in total. The van der Waals surface area contributed by atoms with Crippen LogP contribution in [0.3, 0.4) is 0 Å². The number of unbranched alkanes of at least 4 members (excludes halogenated alkanes) is 1. The smallest absolute Gasteiger partial charge is 0.0558 e. The number of halogens is 1. The third-order valence-electron chi connectivity index (χ3n) is 1.69. The summed E-state index contributed by atoms with van der Waals surface area (Å²) in [4.78, 5) is 2.09. The summed E-state index contributed by atoms with van der Waals surface area (Å²) in [6.07, 6.45) is 2.37. The number of aliphatic hydroxyl groups excluding tert-OH is 2. The monoisotopic (exact) mass is 287 g/mol. The van der Waals surface area contributed by atoms with E-state index in [9.17, 15) is 0 Å². The van der Waals surface area contributed by atoms with E-state index in [2.05, 4.69) is 27.5 Å². The number of alkyl halides is 1. The Balaban J connectivity index is 3.34. The molecule has 4 heteroatoms. The number of rotatable bonds is 8. The van der Waals surface area contributed by atoms with Crippen LogP contribution in [0.5, 0.6) is 0 Å². The van der Waals surface area contributed by atoms with Crippen LogP contribution in [-0.4, -0.2) is 52.4 Å². The van der Waals surface area contributed by atoms with Gasteiger partial charge < -0.3 is 10.2 Å². The molecular formula is C8H18INO2. The highest BCUT2D eigenvalue weighted by atomic mass is 127. The Morgan fingerprint density at radius 3 is 1.92 bits per heavy atom. The van der Waals surface area contributed by atoms with Gasteiger partial charge in [-0.2, -0.15) is 0 Å². The summed E-state index contributed by atoms with van der Waals surface area (Å²) < 4.78 is 1.18. The van der Waals surface area contributed by atoms with E-state index in [1.54, 1.807) is 0 Å². The van der Waals surface area contributed by atoms with Gasteiger partial charge >= 0.3 is 0 Å². The molecule has 0 amide bonds. The van der Waals surface area contributed by atoms with Crippen molar-refractivity contribution in [2.45, 2.75) is 12.8 Å². The number of nitrogens with zero attached hydrogens (tertiary/aromatic N) is 1. The van der Waals surface area contributed by atoms with E-state index in [4.69, 9.17) is 10.2 Å². The second kappa shape index (κ2) is 9.70. The molecule has 0 rings (SSSR count). The maximum Gasteiger partial charge on any atom is 0.0558 e. The topological polar surface area (TPSA) is 43.7 Å². The number of hydrogen-bond acceptors (Lipinski definition) is 3. The summed E-state index contributed by atoms with van der Waals surface area (Å²) in [6.45, 7) is 2.72. The van der Waals surface area contributed by atoms with E-state index in [0.717, 1.165) is 13.0 Å². The Hall–Kier alpha value is 0.610. The molecule has 12 heavy (non-hydrogen) atoms. The van der Waals surface area contributed by atoms with Crippen LogP contribution >= 0.6 is 22.6 Å².